The van der Waals surface area contributed by atoms with Crippen LogP contribution >= 0.6 is 0 Å². The summed E-state index contributed by atoms with van der Waals surface area (Å²) < 4.78 is 15.4. The molecule has 0 fully saturated rings. The van der Waals surface area contributed by atoms with Gasteiger partial charge in [0.1, 0.15) is 25.1 Å². The number of aliphatic hydroxyl groups is 2. The van der Waals surface area contributed by atoms with Gasteiger partial charge in [-0.1, -0.05) is 30.3 Å². The summed E-state index contributed by atoms with van der Waals surface area (Å²) in [4.78, 5) is 22.9. The summed E-state index contributed by atoms with van der Waals surface area (Å²) in [6, 6.07) is 12.0. The molecular formula is C20H23NO7. The van der Waals surface area contributed by atoms with Crippen molar-refractivity contribution in [1.82, 2.24) is 5.32 Å². The average Bonchev–Trinajstić information content (AvgIpc) is 2.74. The van der Waals surface area contributed by atoms with E-state index < -0.39 is 18.3 Å². The first-order valence-electron chi connectivity index (χ1n) is 8.52. The Labute approximate surface area is 162 Å². The summed E-state index contributed by atoms with van der Waals surface area (Å²) >= 11 is 0. The third-order valence-corrected chi connectivity index (χ3v) is 4.02. The average molecular weight is 389 g/mol. The fourth-order valence-electron chi connectivity index (χ4n) is 2.58. The van der Waals surface area contributed by atoms with Gasteiger partial charge < -0.3 is 29.7 Å². The van der Waals surface area contributed by atoms with Gasteiger partial charge in [0.25, 0.3) is 0 Å². The zero-order valence-electron chi connectivity index (χ0n) is 15.6. The monoisotopic (exact) mass is 389 g/mol. The zero-order chi connectivity index (χ0) is 20.5. The predicted molar refractivity (Wildman–Crippen MR) is 101 cm³/mol. The van der Waals surface area contributed by atoms with Crippen molar-refractivity contribution in [1.29, 1.82) is 0 Å². The van der Waals surface area contributed by atoms with Crippen LogP contribution in [0.1, 0.15) is 27.6 Å². The smallest absolute Gasteiger partial charge is 0.407 e. The van der Waals surface area contributed by atoms with Crippen molar-refractivity contribution in [2.45, 2.75) is 18.8 Å². The number of methoxy groups -OCH3 is 2. The van der Waals surface area contributed by atoms with E-state index in [1.807, 2.05) is 30.3 Å². The quantitative estimate of drug-likeness (QED) is 0.561. The highest BCUT2D eigenvalue weighted by molar-refractivity contribution is 5.77. The van der Waals surface area contributed by atoms with E-state index in [-0.39, 0.29) is 35.8 Å². The van der Waals surface area contributed by atoms with Gasteiger partial charge in [0, 0.05) is 17.7 Å². The third kappa shape index (κ3) is 5.45. The van der Waals surface area contributed by atoms with E-state index in [2.05, 4.69) is 5.32 Å². The van der Waals surface area contributed by atoms with Gasteiger partial charge in [-0.15, -0.1) is 0 Å². The molecule has 8 heteroatoms. The molecule has 2 unspecified atom stereocenters. The fraction of sp³-hybridized carbons (Fsp3) is 0.300. The molecule has 2 rings (SSSR count). The molecule has 28 heavy (non-hydrogen) atoms. The van der Waals surface area contributed by atoms with E-state index >= 15 is 0 Å². The zero-order valence-corrected chi connectivity index (χ0v) is 15.6. The Hall–Kier alpha value is -3.10. The molecule has 0 spiro atoms. The highest BCUT2D eigenvalue weighted by atomic mass is 16.5. The van der Waals surface area contributed by atoms with Crippen LogP contribution in [-0.4, -0.2) is 49.5 Å². The molecule has 3 N–H and O–H groups in total. The molecule has 0 aliphatic carbocycles. The number of hydrogen-bond acceptors (Lipinski definition) is 7. The van der Waals surface area contributed by atoms with Gasteiger partial charge in [-0.2, -0.15) is 0 Å². The van der Waals surface area contributed by atoms with E-state index in [9.17, 15) is 19.8 Å². The Bertz CT molecular complexity index is 795. The van der Waals surface area contributed by atoms with E-state index in [0.717, 1.165) is 5.56 Å². The molecule has 0 bridgehead atoms. The van der Waals surface area contributed by atoms with Crippen molar-refractivity contribution < 1.29 is 34.0 Å². The Morgan fingerprint density at radius 2 is 1.86 bits per heavy atom. The summed E-state index contributed by atoms with van der Waals surface area (Å²) in [6.45, 7) is -0.191. The SMILES string of the molecule is COc1cc(C=O)cc(C(O)C(O)CNC(=O)OCc2ccccc2)c1OC. The minimum absolute atomic E-state index is 0.0811. The lowest BCUT2D eigenvalue weighted by Crippen LogP contribution is -2.36. The van der Waals surface area contributed by atoms with Crippen molar-refractivity contribution >= 4 is 12.4 Å². The Kier molecular flexibility index (Phi) is 7.79. The Morgan fingerprint density at radius 3 is 2.46 bits per heavy atom. The molecule has 2 aromatic carbocycles. The largest absolute Gasteiger partial charge is 0.493 e. The lowest BCUT2D eigenvalue weighted by molar-refractivity contribution is 0.0169. The molecule has 0 aliphatic heterocycles. The second-order valence-corrected chi connectivity index (χ2v) is 5.92. The van der Waals surface area contributed by atoms with Crippen LogP contribution in [0.4, 0.5) is 4.79 Å². The number of aldehydes is 1. The second-order valence-electron chi connectivity index (χ2n) is 5.92. The molecule has 0 saturated heterocycles. The number of amides is 1. The highest BCUT2D eigenvalue weighted by Gasteiger charge is 2.25. The summed E-state index contributed by atoms with van der Waals surface area (Å²) in [5.74, 6) is 0.426. The minimum atomic E-state index is -1.43. The van der Waals surface area contributed by atoms with E-state index in [1.165, 1.54) is 26.4 Å². The van der Waals surface area contributed by atoms with E-state index in [0.29, 0.717) is 6.29 Å². The number of aliphatic hydroxyl groups excluding tert-OH is 2. The molecule has 150 valence electrons. The van der Waals surface area contributed by atoms with Gasteiger partial charge in [-0.05, 0) is 17.7 Å². The Balaban J connectivity index is 1.99. The van der Waals surface area contributed by atoms with Crippen LogP contribution in [0, 0.1) is 0 Å². The number of nitrogens with one attached hydrogen (secondary N) is 1. The molecule has 1 amide bonds. The van der Waals surface area contributed by atoms with E-state index in [1.54, 1.807) is 0 Å². The Morgan fingerprint density at radius 1 is 1.14 bits per heavy atom. The molecule has 0 saturated carbocycles. The molecule has 0 heterocycles. The van der Waals surface area contributed by atoms with Crippen molar-refractivity contribution in [2.75, 3.05) is 20.8 Å². The van der Waals surface area contributed by atoms with Crippen molar-refractivity contribution in [3.8, 4) is 11.5 Å². The number of carbonyl (C=O) groups excluding carboxylic acids is 2. The van der Waals surface area contributed by atoms with Gasteiger partial charge in [0.2, 0.25) is 0 Å². The van der Waals surface area contributed by atoms with Gasteiger partial charge in [0.05, 0.1) is 14.2 Å². The molecule has 0 radical (unpaired) electrons. The summed E-state index contributed by atoms with van der Waals surface area (Å²) in [5.41, 5.74) is 1.23. The molecule has 2 aromatic rings. The first-order valence-corrected chi connectivity index (χ1v) is 8.52. The number of ether oxygens (including phenoxy) is 3. The maximum Gasteiger partial charge on any atom is 0.407 e. The summed E-state index contributed by atoms with van der Waals surface area (Å²) in [6.07, 6.45) is -2.95. The molecule has 8 nitrogen and oxygen atoms in total. The highest BCUT2D eigenvalue weighted by Crippen LogP contribution is 2.37. The first-order chi connectivity index (χ1) is 13.5. The van der Waals surface area contributed by atoms with Crippen molar-refractivity contribution in [2.24, 2.45) is 0 Å². The van der Waals surface area contributed by atoms with Gasteiger partial charge in [-0.25, -0.2) is 4.79 Å². The number of hydrogen-bond donors (Lipinski definition) is 3. The third-order valence-electron chi connectivity index (χ3n) is 4.02. The normalized spacial score (nSPS) is 12.6. The van der Waals surface area contributed by atoms with Crippen LogP contribution in [0.2, 0.25) is 0 Å². The fourth-order valence-corrected chi connectivity index (χ4v) is 2.58. The number of alkyl carbamates (subject to hydrolysis) is 1. The van der Waals surface area contributed by atoms with Crippen molar-refractivity contribution in [3.05, 3.63) is 59.2 Å². The topological polar surface area (TPSA) is 114 Å². The molecular weight excluding hydrogens is 366 g/mol. The second kappa shape index (κ2) is 10.3. The first kappa shape index (κ1) is 21.2. The lowest BCUT2D eigenvalue weighted by Gasteiger charge is -2.22. The summed E-state index contributed by atoms with van der Waals surface area (Å²) in [5, 5.41) is 23.1. The van der Waals surface area contributed by atoms with Crippen LogP contribution < -0.4 is 14.8 Å². The number of benzene rings is 2. The van der Waals surface area contributed by atoms with Crippen LogP contribution in [0.25, 0.3) is 0 Å². The maximum atomic E-state index is 11.8. The standard InChI is InChI=1S/C20H23NO7/c1-26-17-9-14(11-22)8-15(19(17)27-2)18(24)16(23)10-21-20(25)28-12-13-6-4-3-5-7-13/h3-9,11,16,18,23-24H,10,12H2,1-2H3,(H,21,25). The molecule has 0 aliphatic rings. The van der Waals surface area contributed by atoms with Gasteiger partial charge >= 0.3 is 6.09 Å². The van der Waals surface area contributed by atoms with Crippen LogP contribution in [0.5, 0.6) is 11.5 Å². The van der Waals surface area contributed by atoms with Crippen LogP contribution in [0.3, 0.4) is 0 Å². The molecule has 2 atom stereocenters. The molecule has 0 aromatic heterocycles. The van der Waals surface area contributed by atoms with Crippen LogP contribution in [-0.2, 0) is 11.3 Å². The lowest BCUT2D eigenvalue weighted by atomic mass is 10.00. The van der Waals surface area contributed by atoms with Gasteiger partial charge in [-0.3, -0.25) is 4.79 Å². The van der Waals surface area contributed by atoms with Gasteiger partial charge in [0.15, 0.2) is 11.5 Å². The number of carbonyl (C=O) groups is 2. The summed E-state index contributed by atoms with van der Waals surface area (Å²) in [7, 11) is 2.77. The minimum Gasteiger partial charge on any atom is -0.493 e. The van der Waals surface area contributed by atoms with Crippen molar-refractivity contribution in [3.63, 3.8) is 0 Å². The number of rotatable bonds is 9. The predicted octanol–water partition coefficient (Wildman–Crippen LogP) is 1.84. The van der Waals surface area contributed by atoms with Crippen LogP contribution in [0.15, 0.2) is 42.5 Å². The van der Waals surface area contributed by atoms with E-state index in [4.69, 9.17) is 14.2 Å². The maximum absolute atomic E-state index is 11.8.